The zero-order valence-corrected chi connectivity index (χ0v) is 16.1. The van der Waals surface area contributed by atoms with Crippen molar-refractivity contribution in [1.29, 1.82) is 0 Å². The Kier molecular flexibility index (Phi) is 5.13. The topological polar surface area (TPSA) is 92.3 Å². The number of phenols is 1. The van der Waals surface area contributed by atoms with Crippen molar-refractivity contribution in [3.8, 4) is 11.5 Å². The zero-order valence-electron chi connectivity index (χ0n) is 16.1. The van der Waals surface area contributed by atoms with Crippen molar-refractivity contribution in [2.75, 3.05) is 7.11 Å². The number of H-pyrrole nitrogens is 1. The first kappa shape index (κ1) is 19.1. The van der Waals surface area contributed by atoms with Crippen molar-refractivity contribution in [3.63, 3.8) is 0 Å². The van der Waals surface area contributed by atoms with Crippen LogP contribution in [0.5, 0.6) is 11.5 Å². The molecule has 2 N–H and O–H groups in total. The standard InChI is InChI=1S/C24H18N2O4/c1-30-21-12-11-15(14-20(21)27)13-17(23(28)16-7-3-2-4-8-16)22-24(29)26-19-10-6-5-9-18(19)25-22/h2-14,27H,1H3,(H,26,29)/b17-13+. The Morgan fingerprint density at radius 3 is 2.50 bits per heavy atom. The molecule has 4 aromatic rings. The highest BCUT2D eigenvalue weighted by atomic mass is 16.5. The molecule has 4 rings (SSSR count). The summed E-state index contributed by atoms with van der Waals surface area (Å²) in [4.78, 5) is 33.3. The van der Waals surface area contributed by atoms with Crippen LogP contribution in [-0.2, 0) is 0 Å². The number of methoxy groups -OCH3 is 1. The molecule has 148 valence electrons. The van der Waals surface area contributed by atoms with E-state index in [1.54, 1.807) is 66.7 Å². The SMILES string of the molecule is COc1ccc(/C=C(/C(=O)c2ccccc2)c2nc3ccccc3[nH]c2=O)cc1O. The molecule has 0 amide bonds. The zero-order chi connectivity index (χ0) is 21.1. The lowest BCUT2D eigenvalue weighted by Crippen LogP contribution is -2.18. The van der Waals surface area contributed by atoms with Gasteiger partial charge in [-0.1, -0.05) is 48.5 Å². The van der Waals surface area contributed by atoms with Gasteiger partial charge in [-0.2, -0.15) is 0 Å². The number of carbonyl (C=O) groups is 1. The molecule has 30 heavy (non-hydrogen) atoms. The second kappa shape index (κ2) is 8.05. The van der Waals surface area contributed by atoms with Gasteiger partial charge in [0.05, 0.1) is 23.7 Å². The summed E-state index contributed by atoms with van der Waals surface area (Å²) in [6.45, 7) is 0. The molecule has 1 heterocycles. The summed E-state index contributed by atoms with van der Waals surface area (Å²) < 4.78 is 5.07. The Labute approximate surface area is 172 Å². The molecular weight excluding hydrogens is 380 g/mol. The van der Waals surface area contributed by atoms with Crippen molar-refractivity contribution in [1.82, 2.24) is 9.97 Å². The van der Waals surface area contributed by atoms with Crippen LogP contribution in [-0.4, -0.2) is 28.0 Å². The number of Topliss-reactive ketones (excluding diaryl/α,β-unsaturated/α-hetero) is 1. The lowest BCUT2D eigenvalue weighted by atomic mass is 9.98. The van der Waals surface area contributed by atoms with Gasteiger partial charge >= 0.3 is 0 Å². The molecule has 0 atom stereocenters. The number of aromatic amines is 1. The number of benzene rings is 3. The first-order valence-corrected chi connectivity index (χ1v) is 9.24. The molecule has 0 fully saturated rings. The van der Waals surface area contributed by atoms with Crippen LogP contribution in [0.15, 0.2) is 77.6 Å². The third kappa shape index (κ3) is 3.71. The quantitative estimate of drug-likeness (QED) is 0.391. The third-order valence-electron chi connectivity index (χ3n) is 4.65. The number of aromatic hydroxyl groups is 1. The summed E-state index contributed by atoms with van der Waals surface area (Å²) in [5.41, 5.74) is 1.77. The van der Waals surface area contributed by atoms with E-state index < -0.39 is 5.56 Å². The van der Waals surface area contributed by atoms with E-state index in [1.807, 2.05) is 6.07 Å². The second-order valence-corrected chi connectivity index (χ2v) is 6.62. The van der Waals surface area contributed by atoms with Crippen molar-refractivity contribution >= 4 is 28.5 Å². The van der Waals surface area contributed by atoms with Gasteiger partial charge in [-0.05, 0) is 35.9 Å². The van der Waals surface area contributed by atoms with Crippen LogP contribution in [0.4, 0.5) is 0 Å². The lowest BCUT2D eigenvalue weighted by molar-refractivity contribution is 0.105. The summed E-state index contributed by atoms with van der Waals surface area (Å²) >= 11 is 0. The first-order chi connectivity index (χ1) is 14.6. The number of aromatic nitrogens is 2. The van der Waals surface area contributed by atoms with E-state index >= 15 is 0 Å². The molecule has 1 aromatic heterocycles. The normalized spacial score (nSPS) is 11.4. The number of para-hydroxylation sites is 2. The number of rotatable bonds is 5. The number of allylic oxidation sites excluding steroid dienone is 1. The number of ether oxygens (including phenoxy) is 1. The van der Waals surface area contributed by atoms with E-state index in [-0.39, 0.29) is 22.8 Å². The summed E-state index contributed by atoms with van der Waals surface area (Å²) in [7, 11) is 1.45. The lowest BCUT2D eigenvalue weighted by Gasteiger charge is -2.09. The average Bonchev–Trinajstić information content (AvgIpc) is 2.77. The van der Waals surface area contributed by atoms with E-state index in [4.69, 9.17) is 4.74 Å². The van der Waals surface area contributed by atoms with Gasteiger partial charge in [-0.15, -0.1) is 0 Å². The summed E-state index contributed by atoms with van der Waals surface area (Å²) in [6.07, 6.45) is 1.54. The van der Waals surface area contributed by atoms with Gasteiger partial charge in [0.1, 0.15) is 5.69 Å². The van der Waals surface area contributed by atoms with Crippen LogP contribution in [0.25, 0.3) is 22.7 Å². The molecule has 0 saturated heterocycles. The van der Waals surface area contributed by atoms with Gasteiger partial charge < -0.3 is 14.8 Å². The maximum Gasteiger partial charge on any atom is 0.275 e. The second-order valence-electron chi connectivity index (χ2n) is 6.62. The fourth-order valence-electron chi connectivity index (χ4n) is 3.16. The Hall–Kier alpha value is -4.19. The van der Waals surface area contributed by atoms with Crippen LogP contribution in [0.1, 0.15) is 21.6 Å². The van der Waals surface area contributed by atoms with Crippen LogP contribution in [0.2, 0.25) is 0 Å². The monoisotopic (exact) mass is 398 g/mol. The molecule has 6 heteroatoms. The minimum absolute atomic E-state index is 0.0119. The fraction of sp³-hybridized carbons (Fsp3) is 0.0417. The van der Waals surface area contributed by atoms with Gasteiger partial charge in [-0.3, -0.25) is 9.59 Å². The number of nitrogens with zero attached hydrogens (tertiary/aromatic N) is 1. The number of fused-ring (bicyclic) bond motifs is 1. The molecule has 3 aromatic carbocycles. The van der Waals surface area contributed by atoms with Crippen LogP contribution >= 0.6 is 0 Å². The molecule has 0 saturated carbocycles. The molecule has 0 unspecified atom stereocenters. The number of ketones is 1. The van der Waals surface area contributed by atoms with E-state index in [9.17, 15) is 14.7 Å². The number of phenolic OH excluding ortho intramolecular Hbond substituents is 1. The molecule has 0 radical (unpaired) electrons. The van der Waals surface area contributed by atoms with Crippen molar-refractivity contribution < 1.29 is 14.6 Å². The van der Waals surface area contributed by atoms with Crippen molar-refractivity contribution in [3.05, 3.63) is 100.0 Å². The summed E-state index contributed by atoms with van der Waals surface area (Å²) in [6, 6.07) is 20.5. The van der Waals surface area contributed by atoms with Crippen LogP contribution < -0.4 is 10.3 Å². The highest BCUT2D eigenvalue weighted by Crippen LogP contribution is 2.29. The summed E-state index contributed by atoms with van der Waals surface area (Å²) in [5.74, 6) is -0.109. The molecule has 6 nitrogen and oxygen atoms in total. The fourth-order valence-corrected chi connectivity index (χ4v) is 3.16. The molecule has 0 aliphatic carbocycles. The minimum atomic E-state index is -0.470. The molecular formula is C24H18N2O4. The number of hydrogen-bond donors (Lipinski definition) is 2. The number of carbonyl (C=O) groups excluding carboxylic acids is 1. The largest absolute Gasteiger partial charge is 0.504 e. The van der Waals surface area contributed by atoms with Gasteiger partial charge in [0, 0.05) is 5.56 Å². The van der Waals surface area contributed by atoms with Gasteiger partial charge in [-0.25, -0.2) is 4.98 Å². The molecule has 0 bridgehead atoms. The minimum Gasteiger partial charge on any atom is -0.504 e. The highest BCUT2D eigenvalue weighted by Gasteiger charge is 2.20. The number of nitrogens with one attached hydrogen (secondary N) is 1. The first-order valence-electron chi connectivity index (χ1n) is 9.24. The Bertz CT molecular complexity index is 1320. The van der Waals surface area contributed by atoms with Gasteiger partial charge in [0.25, 0.3) is 5.56 Å². The van der Waals surface area contributed by atoms with Crippen LogP contribution in [0.3, 0.4) is 0 Å². The van der Waals surface area contributed by atoms with Gasteiger partial charge in [0.15, 0.2) is 17.3 Å². The maximum absolute atomic E-state index is 13.3. The van der Waals surface area contributed by atoms with E-state index in [1.165, 1.54) is 13.2 Å². The highest BCUT2D eigenvalue weighted by molar-refractivity contribution is 6.32. The van der Waals surface area contributed by atoms with E-state index in [2.05, 4.69) is 9.97 Å². The average molecular weight is 398 g/mol. The summed E-state index contributed by atoms with van der Waals surface area (Å²) in [5, 5.41) is 10.1. The predicted molar refractivity (Wildman–Crippen MR) is 116 cm³/mol. The smallest absolute Gasteiger partial charge is 0.275 e. The van der Waals surface area contributed by atoms with Crippen LogP contribution in [0, 0.1) is 0 Å². The van der Waals surface area contributed by atoms with E-state index in [0.29, 0.717) is 27.9 Å². The Morgan fingerprint density at radius 1 is 1.03 bits per heavy atom. The Balaban J connectivity index is 1.92. The van der Waals surface area contributed by atoms with E-state index in [0.717, 1.165) is 0 Å². The maximum atomic E-state index is 13.3. The van der Waals surface area contributed by atoms with Crippen molar-refractivity contribution in [2.24, 2.45) is 0 Å². The molecule has 0 aliphatic heterocycles. The molecule has 0 spiro atoms. The predicted octanol–water partition coefficient (Wildman–Crippen LogP) is 4.06. The molecule has 0 aliphatic rings. The number of hydrogen-bond acceptors (Lipinski definition) is 5. The Morgan fingerprint density at radius 2 is 1.77 bits per heavy atom. The van der Waals surface area contributed by atoms with Gasteiger partial charge in [0.2, 0.25) is 0 Å². The third-order valence-corrected chi connectivity index (χ3v) is 4.65. The van der Waals surface area contributed by atoms with Crippen molar-refractivity contribution in [2.45, 2.75) is 0 Å².